The van der Waals surface area contributed by atoms with Gasteiger partial charge in [-0.1, -0.05) is 17.7 Å². The molecule has 1 saturated heterocycles. The van der Waals surface area contributed by atoms with Gasteiger partial charge in [0.05, 0.1) is 5.02 Å². The van der Waals surface area contributed by atoms with E-state index in [1.165, 1.54) is 18.2 Å². The van der Waals surface area contributed by atoms with Crippen LogP contribution in [0.15, 0.2) is 18.2 Å². The molecule has 1 aliphatic rings. The Morgan fingerprint density at radius 3 is 2.94 bits per heavy atom. The van der Waals surface area contributed by atoms with Crippen molar-refractivity contribution in [2.75, 3.05) is 6.54 Å². The summed E-state index contributed by atoms with van der Waals surface area (Å²) in [5.74, 6) is -1.27. The average Bonchev–Trinajstić information content (AvgIpc) is 2.66. The van der Waals surface area contributed by atoms with E-state index in [9.17, 15) is 13.6 Å². The largest absolute Gasteiger partial charge is 0.368 e. The fourth-order valence-electron chi connectivity index (χ4n) is 2.29. The number of carbonyl (C=O) groups excluding carboxylic acids is 1. The standard InChI is InChI=1S/C12H13ClF2N2O/c13-8-5-7(1-2-9(8)14)6-12(15)3-4-17-10(12)11(16)18/h1-2,5,10,17H,3-4,6H2,(H2,16,18)/t10-,12+/m0/s1. The molecule has 2 atom stereocenters. The second kappa shape index (κ2) is 4.82. The molecule has 1 aromatic carbocycles. The molecule has 1 aliphatic heterocycles. The summed E-state index contributed by atoms with van der Waals surface area (Å²) in [7, 11) is 0. The van der Waals surface area contributed by atoms with Crippen molar-refractivity contribution in [3.05, 3.63) is 34.6 Å². The average molecular weight is 275 g/mol. The molecule has 0 unspecified atom stereocenters. The third-order valence-electron chi connectivity index (χ3n) is 3.17. The molecule has 18 heavy (non-hydrogen) atoms. The monoisotopic (exact) mass is 274 g/mol. The van der Waals surface area contributed by atoms with Gasteiger partial charge in [-0.2, -0.15) is 0 Å². The molecule has 6 heteroatoms. The van der Waals surface area contributed by atoms with Crippen LogP contribution < -0.4 is 11.1 Å². The molecule has 3 nitrogen and oxygen atoms in total. The fourth-order valence-corrected chi connectivity index (χ4v) is 2.49. The lowest BCUT2D eigenvalue weighted by atomic mass is 9.89. The number of hydrogen-bond acceptors (Lipinski definition) is 2. The molecule has 2 rings (SSSR count). The molecular formula is C12H13ClF2N2O. The normalized spacial score (nSPS) is 27.4. The molecule has 1 amide bonds. The van der Waals surface area contributed by atoms with Crippen LogP contribution in [0.3, 0.4) is 0 Å². The van der Waals surface area contributed by atoms with Crippen LogP contribution in [0.5, 0.6) is 0 Å². The van der Waals surface area contributed by atoms with Crippen molar-refractivity contribution >= 4 is 17.5 Å². The van der Waals surface area contributed by atoms with E-state index in [1.54, 1.807) is 0 Å². The van der Waals surface area contributed by atoms with E-state index in [2.05, 4.69) is 5.32 Å². The van der Waals surface area contributed by atoms with E-state index in [1.807, 2.05) is 0 Å². The predicted molar refractivity (Wildman–Crippen MR) is 64.6 cm³/mol. The zero-order valence-corrected chi connectivity index (χ0v) is 10.3. The van der Waals surface area contributed by atoms with Crippen molar-refractivity contribution < 1.29 is 13.6 Å². The smallest absolute Gasteiger partial charge is 0.237 e. The summed E-state index contributed by atoms with van der Waals surface area (Å²) in [6.07, 6.45) is 0.170. The number of carbonyl (C=O) groups is 1. The van der Waals surface area contributed by atoms with Crippen molar-refractivity contribution in [2.45, 2.75) is 24.6 Å². The van der Waals surface area contributed by atoms with Crippen molar-refractivity contribution in [3.8, 4) is 0 Å². The summed E-state index contributed by atoms with van der Waals surface area (Å²) < 4.78 is 27.6. The lowest BCUT2D eigenvalue weighted by Gasteiger charge is -2.24. The quantitative estimate of drug-likeness (QED) is 0.879. The maximum Gasteiger partial charge on any atom is 0.237 e. The van der Waals surface area contributed by atoms with Crippen LogP contribution in [0.25, 0.3) is 0 Å². The number of nitrogens with one attached hydrogen (secondary N) is 1. The van der Waals surface area contributed by atoms with Crippen molar-refractivity contribution in [1.82, 2.24) is 5.32 Å². The van der Waals surface area contributed by atoms with Gasteiger partial charge in [0.25, 0.3) is 0 Å². The summed E-state index contributed by atoms with van der Waals surface area (Å²) in [5.41, 5.74) is 3.95. The van der Waals surface area contributed by atoms with Crippen LogP contribution >= 0.6 is 11.6 Å². The molecule has 0 spiro atoms. The predicted octanol–water partition coefficient (Wildman–Crippen LogP) is 1.58. The molecule has 1 aromatic rings. The number of alkyl halides is 1. The summed E-state index contributed by atoms with van der Waals surface area (Å²) in [6, 6.07) is 3.00. The number of amides is 1. The Kier molecular flexibility index (Phi) is 3.54. The highest BCUT2D eigenvalue weighted by atomic mass is 35.5. The van der Waals surface area contributed by atoms with Crippen molar-refractivity contribution in [1.29, 1.82) is 0 Å². The molecule has 1 fully saturated rings. The van der Waals surface area contributed by atoms with E-state index < -0.39 is 23.4 Å². The van der Waals surface area contributed by atoms with E-state index in [0.29, 0.717) is 12.1 Å². The SMILES string of the molecule is NC(=O)[C@@H]1NCC[C@@]1(F)Cc1ccc(F)c(Cl)c1. The second-order valence-corrected chi connectivity index (χ2v) is 4.91. The Hall–Kier alpha value is -1.20. The highest BCUT2D eigenvalue weighted by Gasteiger charge is 2.46. The Labute approximate surface area is 108 Å². The van der Waals surface area contributed by atoms with Crippen molar-refractivity contribution in [2.24, 2.45) is 5.73 Å². The van der Waals surface area contributed by atoms with E-state index in [-0.39, 0.29) is 17.9 Å². The van der Waals surface area contributed by atoms with Crippen molar-refractivity contribution in [3.63, 3.8) is 0 Å². The Balaban J connectivity index is 2.21. The van der Waals surface area contributed by atoms with Gasteiger partial charge in [0.1, 0.15) is 17.5 Å². The highest BCUT2D eigenvalue weighted by Crippen LogP contribution is 2.31. The first kappa shape index (κ1) is 13.2. The summed E-state index contributed by atoms with van der Waals surface area (Å²) in [4.78, 5) is 11.2. The van der Waals surface area contributed by atoms with Crippen LogP contribution in [0.4, 0.5) is 8.78 Å². The van der Waals surface area contributed by atoms with Gasteiger partial charge in [-0.3, -0.25) is 4.79 Å². The lowest BCUT2D eigenvalue weighted by molar-refractivity contribution is -0.122. The first-order valence-corrected chi connectivity index (χ1v) is 5.96. The molecular weight excluding hydrogens is 262 g/mol. The minimum absolute atomic E-state index is 0.0202. The zero-order valence-electron chi connectivity index (χ0n) is 9.55. The maximum absolute atomic E-state index is 14.6. The van der Waals surface area contributed by atoms with Gasteiger partial charge in [-0.05, 0) is 30.7 Å². The number of primary amides is 1. The van der Waals surface area contributed by atoms with Crippen LogP contribution in [0, 0.1) is 5.82 Å². The van der Waals surface area contributed by atoms with Gasteiger partial charge in [0.2, 0.25) is 5.91 Å². The minimum atomic E-state index is -1.74. The number of halogens is 3. The topological polar surface area (TPSA) is 55.1 Å². The molecule has 0 bridgehead atoms. The Morgan fingerprint density at radius 1 is 1.61 bits per heavy atom. The van der Waals surface area contributed by atoms with Gasteiger partial charge in [0.15, 0.2) is 0 Å². The van der Waals surface area contributed by atoms with Gasteiger partial charge < -0.3 is 11.1 Å². The van der Waals surface area contributed by atoms with Crippen LogP contribution in [0.1, 0.15) is 12.0 Å². The van der Waals surface area contributed by atoms with Gasteiger partial charge in [-0.15, -0.1) is 0 Å². The first-order chi connectivity index (χ1) is 8.42. The molecule has 0 radical (unpaired) electrons. The molecule has 0 aromatic heterocycles. The third-order valence-corrected chi connectivity index (χ3v) is 3.46. The molecule has 0 saturated carbocycles. The van der Waals surface area contributed by atoms with E-state index in [0.717, 1.165) is 0 Å². The molecule has 3 N–H and O–H groups in total. The van der Waals surface area contributed by atoms with Gasteiger partial charge in [0, 0.05) is 6.42 Å². The summed E-state index contributed by atoms with van der Waals surface area (Å²) >= 11 is 5.64. The van der Waals surface area contributed by atoms with Crippen LogP contribution in [0.2, 0.25) is 5.02 Å². The number of benzene rings is 1. The lowest BCUT2D eigenvalue weighted by Crippen LogP contribution is -2.49. The minimum Gasteiger partial charge on any atom is -0.368 e. The number of rotatable bonds is 3. The van der Waals surface area contributed by atoms with Gasteiger partial charge in [-0.25, -0.2) is 8.78 Å². The van der Waals surface area contributed by atoms with Crippen LogP contribution in [-0.4, -0.2) is 24.2 Å². The third kappa shape index (κ3) is 2.47. The first-order valence-electron chi connectivity index (χ1n) is 5.58. The molecule has 98 valence electrons. The highest BCUT2D eigenvalue weighted by molar-refractivity contribution is 6.30. The van der Waals surface area contributed by atoms with E-state index in [4.69, 9.17) is 17.3 Å². The zero-order chi connectivity index (χ0) is 13.3. The van der Waals surface area contributed by atoms with E-state index >= 15 is 0 Å². The van der Waals surface area contributed by atoms with Crippen LogP contribution in [-0.2, 0) is 11.2 Å². The summed E-state index contributed by atoms with van der Waals surface area (Å²) in [5, 5.41) is 2.68. The number of hydrogen-bond donors (Lipinski definition) is 2. The van der Waals surface area contributed by atoms with Gasteiger partial charge >= 0.3 is 0 Å². The summed E-state index contributed by atoms with van der Waals surface area (Å²) in [6.45, 7) is 0.388. The second-order valence-electron chi connectivity index (χ2n) is 4.50. The molecule has 0 aliphatic carbocycles. The fraction of sp³-hybridized carbons (Fsp3) is 0.417. The number of nitrogens with two attached hydrogens (primary N) is 1. The Morgan fingerprint density at radius 2 is 2.33 bits per heavy atom. The Bertz CT molecular complexity index is 483. The maximum atomic E-state index is 14.6. The molecule has 1 heterocycles.